The molecule has 1 aromatic carbocycles. The normalized spacial score (nSPS) is 22.0. The Morgan fingerprint density at radius 3 is 2.75 bits per heavy atom. The highest BCUT2D eigenvalue weighted by molar-refractivity contribution is 14.1. The highest BCUT2D eigenvalue weighted by Crippen LogP contribution is 2.45. The minimum Gasteiger partial charge on any atom is -0.0654 e. The molecule has 16 heavy (non-hydrogen) atoms. The summed E-state index contributed by atoms with van der Waals surface area (Å²) in [5.74, 6) is 0.853. The van der Waals surface area contributed by atoms with Crippen molar-refractivity contribution in [2.24, 2.45) is 5.92 Å². The molecule has 0 N–H and O–H groups in total. The molecule has 1 aliphatic rings. The Balaban J connectivity index is 1.87. The average molecular weight is 326 g/mol. The van der Waals surface area contributed by atoms with Gasteiger partial charge in [-0.1, -0.05) is 49.2 Å². The van der Waals surface area contributed by atoms with Crippen molar-refractivity contribution < 1.29 is 0 Å². The van der Waals surface area contributed by atoms with E-state index >= 15 is 0 Å². The minimum atomic E-state index is 0.853. The number of hydrogen-bond donors (Lipinski definition) is 0. The van der Waals surface area contributed by atoms with Gasteiger partial charge in [0.2, 0.25) is 0 Å². The molecule has 1 fully saturated rings. The molecule has 0 saturated heterocycles. The molecule has 1 aliphatic carbocycles. The largest absolute Gasteiger partial charge is 0.0654 e. The van der Waals surface area contributed by atoms with Gasteiger partial charge in [-0.15, -0.1) is 0 Å². The summed E-state index contributed by atoms with van der Waals surface area (Å²) in [4.78, 5) is 0. The molecule has 2 rings (SSSR count). The van der Waals surface area contributed by atoms with Crippen molar-refractivity contribution in [2.45, 2.75) is 39.0 Å². The highest BCUT2D eigenvalue weighted by Gasteiger charge is 2.31. The van der Waals surface area contributed by atoms with Gasteiger partial charge in [0, 0.05) is 0 Å². The van der Waals surface area contributed by atoms with Gasteiger partial charge in [0.05, 0.1) is 0 Å². The monoisotopic (exact) mass is 326 g/mol. The second kappa shape index (κ2) is 5.85. The first-order valence-corrected chi connectivity index (χ1v) is 7.30. The van der Waals surface area contributed by atoms with Crippen molar-refractivity contribution in [3.8, 4) is 0 Å². The summed E-state index contributed by atoms with van der Waals surface area (Å²) >= 11 is 2.55. The van der Waals surface area contributed by atoms with E-state index in [-0.39, 0.29) is 0 Å². The van der Waals surface area contributed by atoms with Crippen LogP contribution in [0.2, 0.25) is 0 Å². The number of rotatable bonds is 5. The van der Waals surface area contributed by atoms with Crippen molar-refractivity contribution >= 4 is 22.6 Å². The van der Waals surface area contributed by atoms with Gasteiger partial charge < -0.3 is 0 Å². The number of allylic oxidation sites excluding steroid dienone is 2. The molecule has 0 aromatic heterocycles. The third kappa shape index (κ3) is 3.34. The highest BCUT2D eigenvalue weighted by atomic mass is 127. The summed E-state index contributed by atoms with van der Waals surface area (Å²) < 4.78 is 1.64. The van der Waals surface area contributed by atoms with Crippen LogP contribution in [0.5, 0.6) is 0 Å². The summed E-state index contributed by atoms with van der Waals surface area (Å²) in [6.45, 7) is 2.27. The lowest BCUT2D eigenvalue weighted by Gasteiger charge is -1.99. The maximum atomic E-state index is 2.55. The zero-order valence-corrected chi connectivity index (χ0v) is 12.0. The Labute approximate surface area is 112 Å². The molecule has 0 nitrogen and oxygen atoms in total. The van der Waals surface area contributed by atoms with Gasteiger partial charge in [-0.2, -0.15) is 0 Å². The van der Waals surface area contributed by atoms with Gasteiger partial charge in [0.1, 0.15) is 0 Å². The van der Waals surface area contributed by atoms with Crippen molar-refractivity contribution in [1.82, 2.24) is 0 Å². The van der Waals surface area contributed by atoms with E-state index in [1.54, 1.807) is 9.15 Å². The molecule has 0 amide bonds. The first kappa shape index (κ1) is 12.2. The van der Waals surface area contributed by atoms with Gasteiger partial charge in [-0.25, -0.2) is 0 Å². The Kier molecular flexibility index (Phi) is 4.45. The average Bonchev–Trinajstić information content (AvgIpc) is 3.06. The second-order valence-electron chi connectivity index (χ2n) is 4.62. The summed E-state index contributed by atoms with van der Waals surface area (Å²) in [6, 6.07) is 10.9. The molecule has 0 radical (unpaired) electrons. The Morgan fingerprint density at radius 2 is 2.06 bits per heavy atom. The lowest BCUT2D eigenvalue weighted by atomic mass is 10.1. The van der Waals surface area contributed by atoms with Crippen LogP contribution in [-0.4, -0.2) is 0 Å². The maximum Gasteiger partial charge on any atom is -0.00988 e. The van der Waals surface area contributed by atoms with Gasteiger partial charge in [0.15, 0.2) is 0 Å². The van der Waals surface area contributed by atoms with Crippen LogP contribution in [0.4, 0.5) is 0 Å². The zero-order valence-electron chi connectivity index (χ0n) is 9.88. The number of unbranched alkanes of at least 4 members (excludes halogenated alkanes) is 1. The molecular weight excluding hydrogens is 307 g/mol. The molecule has 1 aromatic rings. The van der Waals surface area contributed by atoms with Crippen LogP contribution < -0.4 is 0 Å². The van der Waals surface area contributed by atoms with Crippen LogP contribution >= 0.6 is 22.6 Å². The van der Waals surface area contributed by atoms with Crippen molar-refractivity contribution in [2.75, 3.05) is 0 Å². The fraction of sp³-hybridized carbons (Fsp3) is 0.467. The van der Waals surface area contributed by atoms with E-state index in [1.165, 1.54) is 37.7 Å². The summed E-state index contributed by atoms with van der Waals surface area (Å²) in [5.41, 5.74) is 3.22. The van der Waals surface area contributed by atoms with Crippen molar-refractivity contribution in [1.29, 1.82) is 0 Å². The quantitative estimate of drug-likeness (QED) is 0.658. The van der Waals surface area contributed by atoms with Crippen LogP contribution in [0.3, 0.4) is 0 Å². The molecule has 0 bridgehead atoms. The fourth-order valence-electron chi connectivity index (χ4n) is 2.13. The molecular formula is C15H19I. The van der Waals surface area contributed by atoms with Crippen LogP contribution in [0.25, 0.3) is 0 Å². The molecule has 1 saturated carbocycles. The lowest BCUT2D eigenvalue weighted by molar-refractivity contribution is 0.805. The van der Waals surface area contributed by atoms with Gasteiger partial charge in [-0.3, -0.25) is 0 Å². The number of benzene rings is 1. The number of halogens is 1. The van der Waals surface area contributed by atoms with E-state index in [4.69, 9.17) is 0 Å². The SMILES string of the molecule is CCCC/C(I)=C1/CC1Cc1ccccc1. The van der Waals surface area contributed by atoms with Crippen molar-refractivity contribution in [3.05, 3.63) is 45.0 Å². The number of hydrogen-bond acceptors (Lipinski definition) is 0. The van der Waals surface area contributed by atoms with E-state index in [1.807, 2.05) is 0 Å². The Hall–Kier alpha value is -0.310. The van der Waals surface area contributed by atoms with E-state index in [9.17, 15) is 0 Å². The van der Waals surface area contributed by atoms with E-state index in [2.05, 4.69) is 59.8 Å². The minimum absolute atomic E-state index is 0.853. The fourth-order valence-corrected chi connectivity index (χ4v) is 3.17. The predicted molar refractivity (Wildman–Crippen MR) is 78.8 cm³/mol. The Morgan fingerprint density at radius 1 is 1.31 bits per heavy atom. The van der Waals surface area contributed by atoms with Crippen LogP contribution in [0.15, 0.2) is 39.5 Å². The summed E-state index contributed by atoms with van der Waals surface area (Å²) in [7, 11) is 0. The maximum absolute atomic E-state index is 2.55. The first-order valence-electron chi connectivity index (χ1n) is 6.22. The van der Waals surface area contributed by atoms with Crippen LogP contribution in [-0.2, 0) is 6.42 Å². The smallest absolute Gasteiger partial charge is 0.00988 e. The van der Waals surface area contributed by atoms with Crippen LogP contribution in [0, 0.1) is 5.92 Å². The van der Waals surface area contributed by atoms with Gasteiger partial charge >= 0.3 is 0 Å². The molecule has 0 heterocycles. The topological polar surface area (TPSA) is 0 Å². The first-order chi connectivity index (χ1) is 7.81. The second-order valence-corrected chi connectivity index (χ2v) is 5.93. The summed E-state index contributed by atoms with van der Waals surface area (Å²) in [5, 5.41) is 0. The predicted octanol–water partition coefficient (Wildman–Crippen LogP) is 5.13. The third-order valence-electron chi connectivity index (χ3n) is 3.22. The van der Waals surface area contributed by atoms with E-state index in [0.717, 1.165) is 5.92 Å². The lowest BCUT2D eigenvalue weighted by Crippen LogP contribution is -1.86. The van der Waals surface area contributed by atoms with E-state index < -0.39 is 0 Å². The molecule has 0 spiro atoms. The molecule has 1 heteroatoms. The third-order valence-corrected chi connectivity index (χ3v) is 4.45. The zero-order chi connectivity index (χ0) is 11.4. The Bertz CT molecular complexity index is 364. The van der Waals surface area contributed by atoms with E-state index in [0.29, 0.717) is 0 Å². The van der Waals surface area contributed by atoms with Gasteiger partial charge in [0.25, 0.3) is 0 Å². The van der Waals surface area contributed by atoms with Crippen molar-refractivity contribution in [3.63, 3.8) is 0 Å². The molecule has 86 valence electrons. The van der Waals surface area contributed by atoms with Crippen LogP contribution in [0.1, 0.15) is 38.2 Å². The molecule has 1 atom stereocenters. The molecule has 1 unspecified atom stereocenters. The molecule has 0 aliphatic heterocycles. The standard InChI is InChI=1S/C15H19I/c1-2-3-9-15(16)14-11-13(14)10-12-7-5-4-6-8-12/h4-8,13H,2-3,9-11H2,1H3/b15-14+. The van der Waals surface area contributed by atoms with Gasteiger partial charge in [-0.05, 0) is 63.3 Å². The summed E-state index contributed by atoms with van der Waals surface area (Å²) in [6.07, 6.45) is 6.55.